The number of benzene rings is 2. The number of imidazole rings is 2. The Hall–Kier alpha value is -4.59. The van der Waals surface area contributed by atoms with Crippen molar-refractivity contribution < 1.29 is 13.5 Å². The van der Waals surface area contributed by atoms with Gasteiger partial charge in [0.15, 0.2) is 17.2 Å². The average molecular weight is 459 g/mol. The van der Waals surface area contributed by atoms with Crippen molar-refractivity contribution in [1.29, 1.82) is 5.26 Å². The smallest absolute Gasteiger partial charge is 0.330 e. The van der Waals surface area contributed by atoms with Crippen LogP contribution in [0.2, 0.25) is 0 Å². The first-order chi connectivity index (χ1) is 16.5. The van der Waals surface area contributed by atoms with E-state index in [1.807, 2.05) is 0 Å². The molecule has 9 nitrogen and oxygen atoms in total. The fourth-order valence-electron chi connectivity index (χ4n) is 4.44. The van der Waals surface area contributed by atoms with Gasteiger partial charge in [0.2, 0.25) is 5.95 Å². The zero-order valence-electron chi connectivity index (χ0n) is 17.7. The lowest BCUT2D eigenvalue weighted by Crippen LogP contribution is -2.31. The molecule has 5 aromatic rings. The number of aromatic nitrogens is 6. The highest BCUT2D eigenvalue weighted by molar-refractivity contribution is 5.79. The zero-order valence-corrected chi connectivity index (χ0v) is 17.7. The van der Waals surface area contributed by atoms with Gasteiger partial charge in [0.25, 0.3) is 0 Å². The molecule has 1 unspecified atom stereocenters. The predicted octanol–water partition coefficient (Wildman–Crippen LogP) is 2.99. The summed E-state index contributed by atoms with van der Waals surface area (Å²) in [6.07, 6.45) is 3.28. The van der Waals surface area contributed by atoms with Crippen LogP contribution in [0, 0.1) is 23.0 Å². The lowest BCUT2D eigenvalue weighted by atomic mass is 9.99. The van der Waals surface area contributed by atoms with E-state index >= 15 is 0 Å². The van der Waals surface area contributed by atoms with Gasteiger partial charge in [0.05, 0.1) is 47.1 Å². The minimum atomic E-state index is -0.817. The molecule has 0 aliphatic carbocycles. The quantitative estimate of drug-likeness (QED) is 0.402. The molecule has 0 saturated heterocycles. The van der Waals surface area contributed by atoms with E-state index in [9.17, 15) is 18.8 Å². The van der Waals surface area contributed by atoms with Crippen molar-refractivity contribution in [1.82, 2.24) is 28.7 Å². The Bertz CT molecular complexity index is 1730. The predicted molar refractivity (Wildman–Crippen MR) is 117 cm³/mol. The molecular weight excluding hydrogens is 444 g/mol. The lowest BCUT2D eigenvalue weighted by molar-refractivity contribution is 0.238. The number of halogens is 2. The third-order valence-electron chi connectivity index (χ3n) is 6.09. The molecule has 0 N–H and O–H groups in total. The average Bonchev–Trinajstić information content (AvgIpc) is 3.39. The number of hydrogen-bond acceptors (Lipinski definition) is 6. The van der Waals surface area contributed by atoms with E-state index < -0.39 is 23.4 Å². The van der Waals surface area contributed by atoms with Crippen LogP contribution < -0.4 is 10.4 Å². The van der Waals surface area contributed by atoms with Gasteiger partial charge in [-0.3, -0.25) is 13.7 Å². The van der Waals surface area contributed by atoms with E-state index in [-0.39, 0.29) is 35.9 Å². The largest absolute Gasteiger partial charge is 0.490 e. The molecule has 3 aromatic heterocycles. The highest BCUT2D eigenvalue weighted by Gasteiger charge is 2.32. The van der Waals surface area contributed by atoms with E-state index in [1.54, 1.807) is 29.8 Å². The second-order valence-electron chi connectivity index (χ2n) is 7.95. The molecular formula is C23H15F2N7O2. The van der Waals surface area contributed by atoms with Crippen molar-refractivity contribution in [2.45, 2.75) is 12.5 Å². The third kappa shape index (κ3) is 2.75. The summed E-state index contributed by atoms with van der Waals surface area (Å²) in [6, 6.07) is 8.35. The minimum absolute atomic E-state index is 0.0206. The Morgan fingerprint density at radius 2 is 1.97 bits per heavy atom. The molecule has 168 valence electrons. The van der Waals surface area contributed by atoms with Crippen molar-refractivity contribution in [2.75, 3.05) is 6.61 Å². The topological polar surface area (TPSA) is 104 Å². The summed E-state index contributed by atoms with van der Waals surface area (Å²) >= 11 is 0. The van der Waals surface area contributed by atoms with Crippen molar-refractivity contribution in [3.63, 3.8) is 0 Å². The first kappa shape index (κ1) is 20.0. The number of ether oxygens (including phenoxy) is 1. The van der Waals surface area contributed by atoms with Gasteiger partial charge in [0.1, 0.15) is 17.7 Å². The van der Waals surface area contributed by atoms with Crippen LogP contribution in [0.1, 0.15) is 23.6 Å². The molecule has 0 fully saturated rings. The highest BCUT2D eigenvalue weighted by Crippen LogP contribution is 2.39. The van der Waals surface area contributed by atoms with Gasteiger partial charge in [-0.25, -0.2) is 23.5 Å². The van der Waals surface area contributed by atoms with Gasteiger partial charge in [-0.1, -0.05) is 0 Å². The van der Waals surface area contributed by atoms with Gasteiger partial charge in [-0.15, -0.1) is 0 Å². The van der Waals surface area contributed by atoms with Crippen molar-refractivity contribution >= 4 is 22.2 Å². The monoisotopic (exact) mass is 459 g/mol. The Labute approximate surface area is 190 Å². The first-order valence-electron chi connectivity index (χ1n) is 10.4. The summed E-state index contributed by atoms with van der Waals surface area (Å²) in [7, 11) is 1.57. The normalized spacial score (nSPS) is 15.3. The summed E-state index contributed by atoms with van der Waals surface area (Å²) < 4.78 is 38.9. The number of fused-ring (bicyclic) bond motifs is 3. The minimum Gasteiger partial charge on any atom is -0.490 e. The van der Waals surface area contributed by atoms with Crippen molar-refractivity contribution in [3.8, 4) is 17.8 Å². The Balaban J connectivity index is 1.60. The highest BCUT2D eigenvalue weighted by atomic mass is 19.1. The zero-order chi connectivity index (χ0) is 23.6. The van der Waals surface area contributed by atoms with E-state index in [1.165, 1.54) is 21.7 Å². The van der Waals surface area contributed by atoms with Crippen molar-refractivity contribution in [2.24, 2.45) is 7.05 Å². The molecule has 0 amide bonds. The van der Waals surface area contributed by atoms with Crippen LogP contribution in [0.5, 0.6) is 5.75 Å². The molecule has 1 aliphatic heterocycles. The molecule has 6 rings (SSSR count). The Morgan fingerprint density at radius 1 is 1.15 bits per heavy atom. The van der Waals surface area contributed by atoms with Gasteiger partial charge in [0, 0.05) is 13.5 Å². The fourth-order valence-corrected chi connectivity index (χ4v) is 4.44. The van der Waals surface area contributed by atoms with Crippen LogP contribution >= 0.6 is 0 Å². The SMILES string of the molecule is Cn1c(=O)n(C2CCOc3c(F)ccc(F)c32)c2nc(-n3cnc4ccc(C#N)cc43)ncc21. The van der Waals surface area contributed by atoms with Crippen LogP contribution in [-0.4, -0.2) is 35.3 Å². The molecule has 1 atom stereocenters. The number of nitriles is 1. The molecule has 4 heterocycles. The second-order valence-corrected chi connectivity index (χ2v) is 7.95. The van der Waals surface area contributed by atoms with Crippen LogP contribution in [0.3, 0.4) is 0 Å². The maximum atomic E-state index is 14.8. The number of aryl methyl sites for hydroxylation is 1. The van der Waals surface area contributed by atoms with E-state index in [4.69, 9.17) is 4.74 Å². The van der Waals surface area contributed by atoms with Crippen LogP contribution in [-0.2, 0) is 7.05 Å². The Morgan fingerprint density at radius 3 is 2.79 bits per heavy atom. The fraction of sp³-hybridized carbons (Fsp3) is 0.174. The Kier molecular flexibility index (Phi) is 4.25. The van der Waals surface area contributed by atoms with Gasteiger partial charge >= 0.3 is 5.69 Å². The first-order valence-corrected chi connectivity index (χ1v) is 10.4. The van der Waals surface area contributed by atoms with Crippen molar-refractivity contribution in [3.05, 3.63) is 76.1 Å². The summed E-state index contributed by atoms with van der Waals surface area (Å²) in [5.41, 5.74) is 1.94. The van der Waals surface area contributed by atoms with E-state index in [0.29, 0.717) is 22.1 Å². The molecule has 34 heavy (non-hydrogen) atoms. The van der Waals surface area contributed by atoms with E-state index in [0.717, 1.165) is 12.1 Å². The summed E-state index contributed by atoms with van der Waals surface area (Å²) in [6.45, 7) is 0.113. The lowest BCUT2D eigenvalue weighted by Gasteiger charge is -2.27. The number of hydrogen-bond donors (Lipinski definition) is 0. The van der Waals surface area contributed by atoms with Crippen LogP contribution in [0.15, 0.2) is 47.7 Å². The molecule has 1 aliphatic rings. The summed E-state index contributed by atoms with van der Waals surface area (Å²) in [4.78, 5) is 26.6. The number of nitrogens with zero attached hydrogens (tertiary/aromatic N) is 7. The van der Waals surface area contributed by atoms with Gasteiger partial charge in [-0.05, 0) is 30.3 Å². The molecule has 11 heteroatoms. The molecule has 2 aromatic carbocycles. The van der Waals surface area contributed by atoms with Gasteiger partial charge in [-0.2, -0.15) is 10.2 Å². The van der Waals surface area contributed by atoms with Crippen LogP contribution in [0.25, 0.3) is 28.1 Å². The standard InChI is InChI=1S/C23H15F2N7O2/c1-30-18-10-27-22(31-11-28-15-5-2-12(9-26)8-17(15)31)29-21(18)32(23(30)33)16-6-7-34-20-14(25)4-3-13(24)19(16)20/h2-5,8,10-11,16H,6-7H2,1H3. The molecule has 0 radical (unpaired) electrons. The molecule has 0 spiro atoms. The second kappa shape index (κ2) is 7.21. The maximum absolute atomic E-state index is 14.8. The summed E-state index contributed by atoms with van der Waals surface area (Å²) in [5.74, 6) is -1.33. The maximum Gasteiger partial charge on any atom is 0.330 e. The van der Waals surface area contributed by atoms with Gasteiger partial charge < -0.3 is 4.74 Å². The van der Waals surface area contributed by atoms with Crippen LogP contribution in [0.4, 0.5) is 8.78 Å². The molecule has 0 saturated carbocycles. The third-order valence-corrected chi connectivity index (χ3v) is 6.09. The summed E-state index contributed by atoms with van der Waals surface area (Å²) in [5, 5.41) is 9.25. The van der Waals surface area contributed by atoms with E-state index in [2.05, 4.69) is 21.0 Å². The molecule has 0 bridgehead atoms. The number of rotatable bonds is 2.